The van der Waals surface area contributed by atoms with Crippen molar-refractivity contribution in [3.63, 3.8) is 0 Å². The molecule has 0 unspecified atom stereocenters. The molecule has 2 aromatic carbocycles. The Morgan fingerprint density at radius 1 is 1.10 bits per heavy atom. The van der Waals surface area contributed by atoms with E-state index in [1.165, 1.54) is 59.2 Å². The largest absolute Gasteiger partial charge is 0.486 e. The summed E-state index contributed by atoms with van der Waals surface area (Å²) in [6.07, 6.45) is 2.45. The average molecular weight is 443 g/mol. The van der Waals surface area contributed by atoms with Crippen molar-refractivity contribution in [1.82, 2.24) is 14.9 Å². The number of aromatic nitrogens is 3. The van der Waals surface area contributed by atoms with Crippen molar-refractivity contribution < 1.29 is 13.9 Å². The lowest BCUT2D eigenvalue weighted by Gasteiger charge is -2.17. The van der Waals surface area contributed by atoms with E-state index in [0.29, 0.717) is 16.7 Å². The molecule has 2 heterocycles. The van der Waals surface area contributed by atoms with Crippen molar-refractivity contribution in [2.24, 2.45) is 0 Å². The summed E-state index contributed by atoms with van der Waals surface area (Å²) in [5.74, 6) is 6.53. The van der Waals surface area contributed by atoms with Gasteiger partial charge in [-0.15, -0.1) is 10.2 Å². The molecule has 162 valence electrons. The molecule has 1 fully saturated rings. The quantitative estimate of drug-likeness (QED) is 0.409. The molecule has 0 spiro atoms. The van der Waals surface area contributed by atoms with Gasteiger partial charge in [0.15, 0.2) is 5.82 Å². The summed E-state index contributed by atoms with van der Waals surface area (Å²) in [5, 5.41) is 11.3. The van der Waals surface area contributed by atoms with Gasteiger partial charge in [-0.05, 0) is 61.4 Å². The van der Waals surface area contributed by atoms with Crippen molar-refractivity contribution in [3.8, 4) is 5.75 Å². The van der Waals surface area contributed by atoms with Crippen LogP contribution in [0.25, 0.3) is 0 Å². The molecular weight excluding hydrogens is 419 g/mol. The van der Waals surface area contributed by atoms with Gasteiger partial charge in [0.05, 0.1) is 5.75 Å². The summed E-state index contributed by atoms with van der Waals surface area (Å²) >= 11 is 1.18. The fourth-order valence-electron chi connectivity index (χ4n) is 3.24. The van der Waals surface area contributed by atoms with Crippen molar-refractivity contribution in [3.05, 3.63) is 60.2 Å². The maximum Gasteiger partial charge on any atom is 0.234 e. The number of ether oxygens (including phenoxy) is 1. The number of nitrogens with one attached hydrogen (secondary N) is 1. The highest BCUT2D eigenvalue weighted by molar-refractivity contribution is 7.99. The number of nitrogen functional groups attached to an aromatic ring is 1. The van der Waals surface area contributed by atoms with Gasteiger partial charge in [-0.1, -0.05) is 11.8 Å². The number of carbonyl (C=O) groups excluding carboxylic acids is 1. The van der Waals surface area contributed by atoms with Crippen LogP contribution in [0.1, 0.15) is 18.7 Å². The smallest absolute Gasteiger partial charge is 0.234 e. The van der Waals surface area contributed by atoms with Crippen molar-refractivity contribution in [1.29, 1.82) is 0 Å². The molecular formula is C21H23FN6O2S. The Hall–Kier alpha value is -3.27. The minimum absolute atomic E-state index is 0.0747. The molecule has 1 saturated heterocycles. The predicted molar refractivity (Wildman–Crippen MR) is 118 cm³/mol. The van der Waals surface area contributed by atoms with Crippen molar-refractivity contribution in [2.45, 2.75) is 24.6 Å². The van der Waals surface area contributed by atoms with Gasteiger partial charge in [0, 0.05) is 24.5 Å². The van der Waals surface area contributed by atoms with E-state index < -0.39 is 0 Å². The number of anilines is 2. The molecule has 31 heavy (non-hydrogen) atoms. The van der Waals surface area contributed by atoms with Crippen LogP contribution >= 0.6 is 11.8 Å². The first-order chi connectivity index (χ1) is 15.1. The minimum atomic E-state index is -0.339. The van der Waals surface area contributed by atoms with Crippen molar-refractivity contribution >= 4 is 29.0 Å². The Morgan fingerprint density at radius 3 is 2.52 bits per heavy atom. The number of amides is 1. The molecule has 3 aromatic rings. The predicted octanol–water partition coefficient (Wildman–Crippen LogP) is 3.04. The molecule has 0 saturated carbocycles. The van der Waals surface area contributed by atoms with E-state index in [9.17, 15) is 9.18 Å². The zero-order chi connectivity index (χ0) is 21.6. The molecule has 4 rings (SSSR count). The fraction of sp³-hybridized carbons (Fsp3) is 0.286. The number of benzene rings is 2. The molecule has 1 aliphatic heterocycles. The van der Waals surface area contributed by atoms with Crippen LogP contribution in [0, 0.1) is 5.82 Å². The summed E-state index contributed by atoms with van der Waals surface area (Å²) in [4.78, 5) is 14.6. The zero-order valence-electron chi connectivity index (χ0n) is 16.8. The van der Waals surface area contributed by atoms with Crippen LogP contribution < -0.4 is 20.8 Å². The van der Waals surface area contributed by atoms with Crippen LogP contribution in [0.5, 0.6) is 5.75 Å². The normalized spacial score (nSPS) is 13.4. The standard InChI is InChI=1S/C21H23FN6O2S/c22-15-3-9-18(10-4-15)30-13-19-25-26-21(28(19)23)31-14-20(29)24-16-5-7-17(8-6-16)27-11-1-2-12-27/h3-10H,1-2,11-14,23H2,(H,24,29). The van der Waals surface area contributed by atoms with Crippen LogP contribution in [0.2, 0.25) is 0 Å². The second-order valence-electron chi connectivity index (χ2n) is 7.09. The van der Waals surface area contributed by atoms with E-state index in [0.717, 1.165) is 18.8 Å². The summed E-state index contributed by atoms with van der Waals surface area (Å²) in [5.41, 5.74) is 1.92. The van der Waals surface area contributed by atoms with Crippen LogP contribution in [-0.4, -0.2) is 39.6 Å². The number of nitrogens with two attached hydrogens (primary N) is 1. The van der Waals surface area contributed by atoms with Crippen LogP contribution in [0.15, 0.2) is 53.7 Å². The molecule has 1 amide bonds. The third-order valence-electron chi connectivity index (χ3n) is 4.87. The Bertz CT molecular complexity index is 1020. The lowest BCUT2D eigenvalue weighted by Crippen LogP contribution is -2.18. The highest BCUT2D eigenvalue weighted by Gasteiger charge is 2.14. The first-order valence-electron chi connectivity index (χ1n) is 9.94. The summed E-state index contributed by atoms with van der Waals surface area (Å²) in [7, 11) is 0. The van der Waals surface area contributed by atoms with Gasteiger partial charge in [-0.25, -0.2) is 9.07 Å². The molecule has 1 aliphatic rings. The fourth-order valence-corrected chi connectivity index (χ4v) is 3.92. The second-order valence-corrected chi connectivity index (χ2v) is 8.03. The molecule has 1 aromatic heterocycles. The van der Waals surface area contributed by atoms with Gasteiger partial charge in [0.25, 0.3) is 0 Å². The molecule has 3 N–H and O–H groups in total. The highest BCUT2D eigenvalue weighted by atomic mass is 32.2. The minimum Gasteiger partial charge on any atom is -0.486 e. The van der Waals surface area contributed by atoms with Gasteiger partial charge >= 0.3 is 0 Å². The number of halogens is 1. The second kappa shape index (κ2) is 9.69. The topological polar surface area (TPSA) is 98.3 Å². The summed E-state index contributed by atoms with van der Waals surface area (Å²) in [6.45, 7) is 2.24. The van der Waals surface area contributed by atoms with Gasteiger partial charge in [0.2, 0.25) is 11.1 Å². The number of carbonyl (C=O) groups is 1. The Labute approximate surface area is 183 Å². The molecule has 0 bridgehead atoms. The third kappa shape index (κ3) is 5.46. The number of hydrogen-bond acceptors (Lipinski definition) is 7. The maximum atomic E-state index is 12.9. The van der Waals surface area contributed by atoms with E-state index in [2.05, 4.69) is 20.4 Å². The lowest BCUT2D eigenvalue weighted by atomic mass is 10.2. The monoisotopic (exact) mass is 442 g/mol. The Morgan fingerprint density at radius 2 is 1.81 bits per heavy atom. The SMILES string of the molecule is Nn1c(COc2ccc(F)cc2)nnc1SCC(=O)Nc1ccc(N2CCCC2)cc1. The van der Waals surface area contributed by atoms with Gasteiger partial charge in [0.1, 0.15) is 18.2 Å². The Balaban J connectivity index is 1.26. The number of hydrogen-bond donors (Lipinski definition) is 2. The zero-order valence-corrected chi connectivity index (χ0v) is 17.6. The lowest BCUT2D eigenvalue weighted by molar-refractivity contribution is -0.113. The highest BCUT2D eigenvalue weighted by Crippen LogP contribution is 2.22. The van der Waals surface area contributed by atoms with Crippen molar-refractivity contribution in [2.75, 3.05) is 34.9 Å². The van der Waals surface area contributed by atoms with Gasteiger partial charge < -0.3 is 20.8 Å². The first kappa shape index (κ1) is 21.0. The number of thioether (sulfide) groups is 1. The van der Waals surface area contributed by atoms with E-state index in [1.807, 2.05) is 24.3 Å². The van der Waals surface area contributed by atoms with E-state index >= 15 is 0 Å². The molecule has 10 heteroatoms. The average Bonchev–Trinajstić information content (AvgIpc) is 3.43. The van der Waals surface area contributed by atoms with E-state index in [4.69, 9.17) is 10.6 Å². The maximum absolute atomic E-state index is 12.9. The summed E-state index contributed by atoms with van der Waals surface area (Å²) < 4.78 is 19.8. The van der Waals surface area contributed by atoms with E-state index in [1.54, 1.807) is 0 Å². The third-order valence-corrected chi connectivity index (χ3v) is 5.81. The number of rotatable bonds is 8. The first-order valence-corrected chi connectivity index (χ1v) is 10.9. The van der Waals surface area contributed by atoms with Crippen LogP contribution in [0.4, 0.5) is 15.8 Å². The van der Waals surface area contributed by atoms with Crippen LogP contribution in [-0.2, 0) is 11.4 Å². The Kier molecular flexibility index (Phi) is 6.56. The van der Waals surface area contributed by atoms with Gasteiger partial charge in [-0.2, -0.15) is 0 Å². The number of nitrogens with zero attached hydrogens (tertiary/aromatic N) is 4. The van der Waals surface area contributed by atoms with Gasteiger partial charge in [-0.3, -0.25) is 4.79 Å². The van der Waals surface area contributed by atoms with Crippen LogP contribution in [0.3, 0.4) is 0 Å². The molecule has 0 aliphatic carbocycles. The molecule has 0 radical (unpaired) electrons. The molecule has 0 atom stereocenters. The summed E-state index contributed by atoms with van der Waals surface area (Å²) in [6, 6.07) is 13.5. The molecule has 8 nitrogen and oxygen atoms in total. The van der Waals surface area contributed by atoms with E-state index in [-0.39, 0.29) is 24.1 Å².